The number of hydrogen-bond acceptors (Lipinski definition) is 5. The van der Waals surface area contributed by atoms with Gasteiger partial charge in [-0.2, -0.15) is 8.78 Å². The van der Waals surface area contributed by atoms with Gasteiger partial charge in [0.15, 0.2) is 5.82 Å². The Morgan fingerprint density at radius 3 is 2.59 bits per heavy atom. The van der Waals surface area contributed by atoms with Gasteiger partial charge in [-0.15, -0.1) is 0 Å². The van der Waals surface area contributed by atoms with Crippen molar-refractivity contribution in [2.24, 2.45) is 0 Å². The second-order valence-electron chi connectivity index (χ2n) is 6.12. The molecule has 0 N–H and O–H groups in total. The lowest BCUT2D eigenvalue weighted by Crippen LogP contribution is -2.12. The third-order valence-corrected chi connectivity index (χ3v) is 4.27. The van der Waals surface area contributed by atoms with Gasteiger partial charge in [0.05, 0.1) is 17.3 Å². The standard InChI is InChI=1S/C21H16F2N2O4/c22-21(23)25-17-9-5-4-8-16(17)24-18(25)13-29-20(26)19-14(10-11-27-19)12-28-15-6-2-1-3-7-15/h1-11,21H,12-13H2. The Labute approximate surface area is 164 Å². The van der Waals surface area contributed by atoms with Crippen LogP contribution in [0.1, 0.15) is 28.5 Å². The fourth-order valence-electron chi connectivity index (χ4n) is 2.92. The highest BCUT2D eigenvalue weighted by Gasteiger charge is 2.21. The first-order valence-corrected chi connectivity index (χ1v) is 8.79. The minimum atomic E-state index is -2.81. The molecule has 4 rings (SSSR count). The zero-order valence-corrected chi connectivity index (χ0v) is 15.1. The van der Waals surface area contributed by atoms with Crippen LogP contribution in [0.15, 0.2) is 71.3 Å². The number of imidazole rings is 1. The maximum Gasteiger partial charge on any atom is 0.375 e. The molecule has 4 aromatic rings. The summed E-state index contributed by atoms with van der Waals surface area (Å²) in [5.41, 5.74) is 1.15. The zero-order chi connectivity index (χ0) is 20.2. The fraction of sp³-hybridized carbons (Fsp3) is 0.143. The number of halogens is 2. The van der Waals surface area contributed by atoms with Crippen molar-refractivity contribution in [2.75, 3.05) is 0 Å². The van der Waals surface area contributed by atoms with E-state index in [1.54, 1.807) is 36.4 Å². The Bertz CT molecular complexity index is 1120. The predicted molar refractivity (Wildman–Crippen MR) is 99.6 cm³/mol. The number of carbonyl (C=O) groups is 1. The van der Waals surface area contributed by atoms with Crippen molar-refractivity contribution >= 4 is 17.0 Å². The fourth-order valence-corrected chi connectivity index (χ4v) is 2.92. The molecule has 0 aliphatic carbocycles. The Balaban J connectivity index is 1.47. The van der Waals surface area contributed by atoms with Crippen LogP contribution in [0.2, 0.25) is 0 Å². The topological polar surface area (TPSA) is 66.5 Å². The molecule has 0 bridgehead atoms. The second-order valence-corrected chi connectivity index (χ2v) is 6.12. The van der Waals surface area contributed by atoms with E-state index >= 15 is 0 Å². The van der Waals surface area contributed by atoms with Gasteiger partial charge < -0.3 is 13.9 Å². The third-order valence-electron chi connectivity index (χ3n) is 4.27. The zero-order valence-electron chi connectivity index (χ0n) is 15.1. The van der Waals surface area contributed by atoms with Gasteiger partial charge in [-0.05, 0) is 30.3 Å². The summed E-state index contributed by atoms with van der Waals surface area (Å²) >= 11 is 0. The lowest BCUT2D eigenvalue weighted by atomic mass is 10.2. The summed E-state index contributed by atoms with van der Waals surface area (Å²) < 4.78 is 43.7. The quantitative estimate of drug-likeness (QED) is 0.412. The van der Waals surface area contributed by atoms with Gasteiger partial charge in [0.1, 0.15) is 19.0 Å². The van der Waals surface area contributed by atoms with Crippen LogP contribution in [0.25, 0.3) is 11.0 Å². The summed E-state index contributed by atoms with van der Waals surface area (Å²) in [6, 6.07) is 17.2. The summed E-state index contributed by atoms with van der Waals surface area (Å²) in [4.78, 5) is 16.5. The van der Waals surface area contributed by atoms with Gasteiger partial charge in [-0.1, -0.05) is 30.3 Å². The van der Waals surface area contributed by atoms with E-state index in [1.807, 2.05) is 18.2 Å². The highest BCUT2D eigenvalue weighted by molar-refractivity contribution is 5.88. The number of rotatable bonds is 7. The highest BCUT2D eigenvalue weighted by Crippen LogP contribution is 2.24. The van der Waals surface area contributed by atoms with Crippen LogP contribution in [-0.2, 0) is 18.0 Å². The predicted octanol–water partition coefficient (Wildman–Crippen LogP) is 4.96. The van der Waals surface area contributed by atoms with E-state index in [2.05, 4.69) is 4.98 Å². The number of ether oxygens (including phenoxy) is 2. The molecule has 2 heterocycles. The largest absolute Gasteiger partial charge is 0.489 e. The molecule has 6 nitrogen and oxygen atoms in total. The van der Waals surface area contributed by atoms with Gasteiger partial charge in [0.25, 0.3) is 0 Å². The van der Waals surface area contributed by atoms with E-state index in [0.29, 0.717) is 16.8 Å². The van der Waals surface area contributed by atoms with Gasteiger partial charge >= 0.3 is 12.5 Å². The van der Waals surface area contributed by atoms with E-state index in [9.17, 15) is 13.6 Å². The van der Waals surface area contributed by atoms with Gasteiger partial charge in [-0.25, -0.2) is 9.78 Å². The number of fused-ring (bicyclic) bond motifs is 1. The van der Waals surface area contributed by atoms with Crippen molar-refractivity contribution in [1.82, 2.24) is 9.55 Å². The molecule has 0 saturated carbocycles. The first kappa shape index (κ1) is 18.7. The van der Waals surface area contributed by atoms with Gasteiger partial charge in [0, 0.05) is 5.56 Å². The third kappa shape index (κ3) is 3.96. The molecule has 29 heavy (non-hydrogen) atoms. The second kappa shape index (κ2) is 8.14. The van der Waals surface area contributed by atoms with E-state index < -0.39 is 19.1 Å². The molecule has 0 aliphatic rings. The van der Waals surface area contributed by atoms with Crippen LogP contribution >= 0.6 is 0 Å². The minimum Gasteiger partial charge on any atom is -0.489 e. The molecule has 0 radical (unpaired) electrons. The van der Waals surface area contributed by atoms with Gasteiger partial charge in [0.2, 0.25) is 5.76 Å². The molecule has 0 aliphatic heterocycles. The number of para-hydroxylation sites is 3. The van der Waals surface area contributed by atoms with E-state index in [4.69, 9.17) is 13.9 Å². The molecule has 0 fully saturated rings. The van der Waals surface area contributed by atoms with E-state index in [-0.39, 0.29) is 23.7 Å². The lowest BCUT2D eigenvalue weighted by Gasteiger charge is -2.09. The van der Waals surface area contributed by atoms with E-state index in [0.717, 1.165) is 4.57 Å². The number of alkyl halides is 2. The van der Waals surface area contributed by atoms with Crippen LogP contribution in [0, 0.1) is 0 Å². The van der Waals surface area contributed by atoms with Crippen LogP contribution in [0.3, 0.4) is 0 Å². The van der Waals surface area contributed by atoms with Crippen molar-refractivity contribution in [2.45, 2.75) is 19.8 Å². The van der Waals surface area contributed by atoms with Crippen molar-refractivity contribution < 1.29 is 27.5 Å². The Kier molecular flexibility index (Phi) is 5.24. The number of hydrogen-bond donors (Lipinski definition) is 0. The summed E-state index contributed by atoms with van der Waals surface area (Å²) in [5, 5.41) is 0. The van der Waals surface area contributed by atoms with Crippen LogP contribution in [-0.4, -0.2) is 15.5 Å². The van der Waals surface area contributed by atoms with Crippen molar-refractivity contribution in [3.8, 4) is 5.75 Å². The number of benzene rings is 2. The normalized spacial score (nSPS) is 11.1. The SMILES string of the molecule is O=C(OCc1nc2ccccc2n1C(F)F)c1occc1COc1ccccc1. The van der Waals surface area contributed by atoms with Gasteiger partial charge in [-0.3, -0.25) is 4.57 Å². The molecule has 0 amide bonds. The van der Waals surface area contributed by atoms with Crippen LogP contribution in [0.5, 0.6) is 5.75 Å². The number of aromatic nitrogens is 2. The number of esters is 1. The first-order valence-electron chi connectivity index (χ1n) is 8.79. The summed E-state index contributed by atoms with van der Waals surface area (Å²) in [6.45, 7) is -3.13. The number of furan rings is 1. The Morgan fingerprint density at radius 1 is 1.03 bits per heavy atom. The number of nitrogens with zero attached hydrogens (tertiary/aromatic N) is 2. The van der Waals surface area contributed by atoms with Crippen LogP contribution < -0.4 is 4.74 Å². The highest BCUT2D eigenvalue weighted by atomic mass is 19.3. The smallest absolute Gasteiger partial charge is 0.375 e. The molecule has 2 aromatic heterocycles. The molecule has 148 valence electrons. The Morgan fingerprint density at radius 2 is 1.79 bits per heavy atom. The average molecular weight is 398 g/mol. The minimum absolute atomic E-state index is 0.0411. The lowest BCUT2D eigenvalue weighted by molar-refractivity contribution is 0.0355. The molecule has 2 aromatic carbocycles. The van der Waals surface area contributed by atoms with Crippen molar-refractivity contribution in [1.29, 1.82) is 0 Å². The average Bonchev–Trinajstić information content (AvgIpc) is 3.35. The number of carbonyl (C=O) groups excluding carboxylic acids is 1. The molecule has 8 heteroatoms. The summed E-state index contributed by atoms with van der Waals surface area (Å²) in [7, 11) is 0. The van der Waals surface area contributed by atoms with Crippen LogP contribution in [0.4, 0.5) is 8.78 Å². The summed E-state index contributed by atoms with van der Waals surface area (Å²) in [5.74, 6) is -0.239. The van der Waals surface area contributed by atoms with Crippen molar-refractivity contribution in [3.63, 3.8) is 0 Å². The monoisotopic (exact) mass is 398 g/mol. The maximum absolute atomic E-state index is 13.5. The van der Waals surface area contributed by atoms with E-state index in [1.165, 1.54) is 12.3 Å². The molecular weight excluding hydrogens is 382 g/mol. The molecular formula is C21H16F2N2O4. The molecule has 0 saturated heterocycles. The molecule has 0 atom stereocenters. The molecule has 0 unspecified atom stereocenters. The van der Waals surface area contributed by atoms with Crippen molar-refractivity contribution in [3.05, 3.63) is 84.1 Å². The maximum atomic E-state index is 13.5. The molecule has 0 spiro atoms. The summed E-state index contributed by atoms with van der Waals surface area (Å²) in [6.07, 6.45) is 1.34. The Hall–Kier alpha value is -3.68. The first-order chi connectivity index (χ1) is 14.1.